The second-order valence-electron chi connectivity index (χ2n) is 8.33. The zero-order chi connectivity index (χ0) is 20.1. The Kier molecular flexibility index (Phi) is 6.42. The number of nitrogens with zero attached hydrogens (tertiary/aromatic N) is 3. The van der Waals surface area contributed by atoms with Crippen LogP contribution in [0.1, 0.15) is 52.4 Å². The van der Waals surface area contributed by atoms with Gasteiger partial charge in [0.1, 0.15) is 6.54 Å². The summed E-state index contributed by atoms with van der Waals surface area (Å²) in [6, 6.07) is 3.51. The Bertz CT molecular complexity index is 683. The average Bonchev–Trinajstić information content (AvgIpc) is 2.94. The van der Waals surface area contributed by atoms with Crippen molar-refractivity contribution in [2.45, 2.75) is 57.9 Å². The molecule has 7 heteroatoms. The van der Waals surface area contributed by atoms with Gasteiger partial charge in [-0.1, -0.05) is 33.1 Å². The molecule has 2 heterocycles. The van der Waals surface area contributed by atoms with Crippen LogP contribution in [0.15, 0.2) is 18.3 Å². The van der Waals surface area contributed by atoms with Gasteiger partial charge in [0.05, 0.1) is 31.1 Å². The van der Waals surface area contributed by atoms with Crippen molar-refractivity contribution < 1.29 is 14.3 Å². The summed E-state index contributed by atoms with van der Waals surface area (Å²) in [6.45, 7) is 5.65. The normalized spacial score (nSPS) is 18.8. The van der Waals surface area contributed by atoms with Crippen LogP contribution in [0.5, 0.6) is 5.88 Å². The predicted molar refractivity (Wildman–Crippen MR) is 109 cm³/mol. The number of ether oxygens (including phenoxy) is 1. The van der Waals surface area contributed by atoms with Gasteiger partial charge < -0.3 is 15.0 Å². The molecule has 154 valence electrons. The molecular weight excluding hydrogens is 356 g/mol. The van der Waals surface area contributed by atoms with E-state index in [0.717, 1.165) is 37.8 Å². The number of rotatable bonds is 7. The van der Waals surface area contributed by atoms with Crippen molar-refractivity contribution in [1.82, 2.24) is 15.2 Å². The summed E-state index contributed by atoms with van der Waals surface area (Å²) >= 11 is 0. The summed E-state index contributed by atoms with van der Waals surface area (Å²) in [7, 11) is 1.57. The molecule has 0 atom stereocenters. The fourth-order valence-electron chi connectivity index (χ4n) is 4.22. The maximum absolute atomic E-state index is 13.3. The third-order valence-corrected chi connectivity index (χ3v) is 5.86. The molecule has 1 saturated carbocycles. The zero-order valence-electron chi connectivity index (χ0n) is 17.2. The molecule has 0 bridgehead atoms. The van der Waals surface area contributed by atoms with Gasteiger partial charge in [0, 0.05) is 12.6 Å². The van der Waals surface area contributed by atoms with Crippen LogP contribution < -0.4 is 15.0 Å². The molecule has 0 radical (unpaired) electrons. The molecule has 28 heavy (non-hydrogen) atoms. The molecule has 1 aliphatic heterocycles. The summed E-state index contributed by atoms with van der Waals surface area (Å²) in [6.07, 6.45) is 7.86. The first kappa shape index (κ1) is 20.4. The predicted octanol–water partition coefficient (Wildman–Crippen LogP) is 3.20. The summed E-state index contributed by atoms with van der Waals surface area (Å²) in [4.78, 5) is 33.6. The van der Waals surface area contributed by atoms with Crippen molar-refractivity contribution in [2.75, 3.05) is 31.6 Å². The number of anilines is 1. The number of carbonyl (C=O) groups is 2. The number of hydrogen-bond acceptors (Lipinski definition) is 4. The van der Waals surface area contributed by atoms with Crippen molar-refractivity contribution >= 4 is 17.6 Å². The van der Waals surface area contributed by atoms with E-state index < -0.39 is 0 Å². The molecule has 2 aliphatic rings. The van der Waals surface area contributed by atoms with Gasteiger partial charge in [-0.05, 0) is 31.2 Å². The number of nitrogens with one attached hydrogen (secondary N) is 1. The molecule has 1 N–H and O–H groups in total. The minimum Gasteiger partial charge on any atom is -0.481 e. The minimum absolute atomic E-state index is 0.0753. The molecule has 0 unspecified atom stereocenters. The van der Waals surface area contributed by atoms with E-state index in [1.54, 1.807) is 29.2 Å². The lowest BCUT2D eigenvalue weighted by atomic mass is 9.81. The number of urea groups is 1. The van der Waals surface area contributed by atoms with Gasteiger partial charge in [0.25, 0.3) is 0 Å². The Hall–Kier alpha value is -2.31. The lowest BCUT2D eigenvalue weighted by molar-refractivity contribution is -0.122. The third kappa shape index (κ3) is 4.39. The largest absolute Gasteiger partial charge is 0.481 e. The van der Waals surface area contributed by atoms with Crippen LogP contribution in [0.25, 0.3) is 0 Å². The first-order chi connectivity index (χ1) is 13.4. The Morgan fingerprint density at radius 1 is 1.29 bits per heavy atom. The first-order valence-electron chi connectivity index (χ1n) is 10.3. The fourth-order valence-corrected chi connectivity index (χ4v) is 4.22. The first-order valence-corrected chi connectivity index (χ1v) is 10.3. The van der Waals surface area contributed by atoms with Gasteiger partial charge in [-0.3, -0.25) is 9.69 Å². The van der Waals surface area contributed by atoms with Crippen LogP contribution in [0.2, 0.25) is 0 Å². The maximum Gasteiger partial charge on any atom is 0.325 e. The SMILES string of the molecule is COc1ccc(N2CC3(CCCCC3)N(CC(=O)NCCC(C)C)C2=O)cn1. The van der Waals surface area contributed by atoms with Crippen molar-refractivity contribution in [1.29, 1.82) is 0 Å². The van der Waals surface area contributed by atoms with Gasteiger partial charge in [-0.2, -0.15) is 0 Å². The van der Waals surface area contributed by atoms with Crippen molar-refractivity contribution in [3.8, 4) is 5.88 Å². The number of aromatic nitrogens is 1. The standard InChI is InChI=1S/C21H32N4O3/c1-16(2)9-12-22-18(26)14-25-20(27)24(15-21(25)10-5-4-6-11-21)17-7-8-19(28-3)23-13-17/h7-8,13,16H,4-6,9-12,14-15H2,1-3H3,(H,22,26). The molecule has 1 saturated heterocycles. The Morgan fingerprint density at radius 3 is 2.64 bits per heavy atom. The van der Waals surface area contributed by atoms with E-state index in [4.69, 9.17) is 4.74 Å². The van der Waals surface area contributed by atoms with Crippen molar-refractivity contribution in [2.24, 2.45) is 5.92 Å². The molecular formula is C21H32N4O3. The van der Waals surface area contributed by atoms with Crippen LogP contribution >= 0.6 is 0 Å². The number of carbonyl (C=O) groups excluding carboxylic acids is 2. The summed E-state index contributed by atoms with van der Waals surface area (Å²) < 4.78 is 5.12. The summed E-state index contributed by atoms with van der Waals surface area (Å²) in [5, 5.41) is 2.97. The second kappa shape index (κ2) is 8.80. The van der Waals surface area contributed by atoms with Crippen LogP contribution in [0.3, 0.4) is 0 Å². The highest BCUT2D eigenvalue weighted by Crippen LogP contribution is 2.40. The van der Waals surface area contributed by atoms with Gasteiger partial charge in [-0.25, -0.2) is 9.78 Å². The molecule has 1 aliphatic carbocycles. The van der Waals surface area contributed by atoms with Crippen LogP contribution in [-0.4, -0.2) is 54.1 Å². The van der Waals surface area contributed by atoms with Crippen LogP contribution in [0.4, 0.5) is 10.5 Å². The highest BCUT2D eigenvalue weighted by molar-refractivity contribution is 5.97. The molecule has 1 spiro atoms. The van der Waals surface area contributed by atoms with Crippen molar-refractivity contribution in [3.63, 3.8) is 0 Å². The quantitative estimate of drug-likeness (QED) is 0.778. The van der Waals surface area contributed by atoms with Gasteiger partial charge in [-0.15, -0.1) is 0 Å². The van der Waals surface area contributed by atoms with E-state index in [9.17, 15) is 9.59 Å². The Balaban J connectivity index is 1.75. The van der Waals surface area contributed by atoms with Gasteiger partial charge in [0.15, 0.2) is 0 Å². The van der Waals surface area contributed by atoms with Crippen molar-refractivity contribution in [3.05, 3.63) is 18.3 Å². The lowest BCUT2D eigenvalue weighted by Gasteiger charge is -2.39. The fraction of sp³-hybridized carbons (Fsp3) is 0.667. The van der Waals surface area contributed by atoms with E-state index in [0.29, 0.717) is 24.9 Å². The molecule has 7 nitrogen and oxygen atoms in total. The second-order valence-corrected chi connectivity index (χ2v) is 8.33. The highest BCUT2D eigenvalue weighted by Gasteiger charge is 2.50. The topological polar surface area (TPSA) is 74.8 Å². The van der Waals surface area contributed by atoms with Crippen LogP contribution in [-0.2, 0) is 4.79 Å². The van der Waals surface area contributed by atoms with E-state index in [2.05, 4.69) is 24.1 Å². The highest BCUT2D eigenvalue weighted by atomic mass is 16.5. The number of methoxy groups -OCH3 is 1. The number of hydrogen-bond donors (Lipinski definition) is 1. The molecule has 3 rings (SSSR count). The Morgan fingerprint density at radius 2 is 2.04 bits per heavy atom. The summed E-state index contributed by atoms with van der Waals surface area (Å²) in [5.74, 6) is 0.981. The van der Waals surface area contributed by atoms with E-state index >= 15 is 0 Å². The van der Waals surface area contributed by atoms with Gasteiger partial charge >= 0.3 is 6.03 Å². The molecule has 0 aromatic carbocycles. The molecule has 2 fully saturated rings. The molecule has 1 aromatic rings. The minimum atomic E-state index is -0.259. The molecule has 1 aromatic heterocycles. The van der Waals surface area contributed by atoms with E-state index in [1.165, 1.54) is 6.42 Å². The summed E-state index contributed by atoms with van der Waals surface area (Å²) in [5.41, 5.74) is 0.489. The lowest BCUT2D eigenvalue weighted by Crippen LogP contribution is -2.52. The van der Waals surface area contributed by atoms with Crippen LogP contribution in [0, 0.1) is 5.92 Å². The monoisotopic (exact) mass is 388 g/mol. The van der Waals surface area contributed by atoms with E-state index in [1.807, 2.05) is 6.07 Å². The van der Waals surface area contributed by atoms with Gasteiger partial charge in [0.2, 0.25) is 11.8 Å². The number of amides is 3. The smallest absolute Gasteiger partial charge is 0.325 e. The third-order valence-electron chi connectivity index (χ3n) is 5.86. The van der Waals surface area contributed by atoms with E-state index in [-0.39, 0.29) is 24.0 Å². The average molecular weight is 389 g/mol. The Labute approximate surface area is 167 Å². The maximum atomic E-state index is 13.3. The number of pyridine rings is 1. The molecule has 3 amide bonds. The zero-order valence-corrected chi connectivity index (χ0v) is 17.2.